The summed E-state index contributed by atoms with van der Waals surface area (Å²) in [5.41, 5.74) is 0.835. The molecule has 1 aromatic carbocycles. The predicted molar refractivity (Wildman–Crippen MR) is 72.6 cm³/mol. The van der Waals surface area contributed by atoms with Gasteiger partial charge in [-0.2, -0.15) is 0 Å². The van der Waals surface area contributed by atoms with Gasteiger partial charge in [0, 0.05) is 19.1 Å². The molecule has 0 radical (unpaired) electrons. The van der Waals surface area contributed by atoms with Crippen molar-refractivity contribution in [1.29, 1.82) is 0 Å². The third-order valence-electron chi connectivity index (χ3n) is 3.73. The van der Waals surface area contributed by atoms with Gasteiger partial charge in [-0.15, -0.1) is 0 Å². The van der Waals surface area contributed by atoms with Gasteiger partial charge in [0.2, 0.25) is 5.91 Å². The van der Waals surface area contributed by atoms with Crippen LogP contribution in [0.15, 0.2) is 24.3 Å². The molecule has 5 heteroatoms. The number of rotatable bonds is 4. The van der Waals surface area contributed by atoms with Crippen LogP contribution in [0.4, 0.5) is 4.39 Å². The molecule has 1 atom stereocenters. The topological polar surface area (TPSA) is 41.6 Å². The summed E-state index contributed by atoms with van der Waals surface area (Å²) in [5, 5.41) is 3.19. The number of carbonyl (C=O) groups is 1. The second kappa shape index (κ2) is 5.89. The number of ether oxygens (including phenoxy) is 1. The second-order valence-electron chi connectivity index (χ2n) is 5.41. The first kappa shape index (κ1) is 13.5. The molecule has 0 bridgehead atoms. The summed E-state index contributed by atoms with van der Waals surface area (Å²) in [7, 11) is 0. The van der Waals surface area contributed by atoms with Crippen molar-refractivity contribution >= 4 is 5.91 Å². The molecule has 1 saturated carbocycles. The number of carbonyl (C=O) groups excluding carboxylic acids is 1. The van der Waals surface area contributed by atoms with Gasteiger partial charge in [0.05, 0.1) is 13.2 Å². The Hall–Kier alpha value is -1.46. The van der Waals surface area contributed by atoms with Crippen LogP contribution < -0.4 is 5.32 Å². The Morgan fingerprint density at radius 3 is 2.95 bits per heavy atom. The van der Waals surface area contributed by atoms with Gasteiger partial charge in [0.1, 0.15) is 11.9 Å². The van der Waals surface area contributed by atoms with Crippen LogP contribution in [0.25, 0.3) is 0 Å². The third kappa shape index (κ3) is 3.16. The van der Waals surface area contributed by atoms with E-state index in [0.29, 0.717) is 32.3 Å². The third-order valence-corrected chi connectivity index (χ3v) is 3.73. The fourth-order valence-corrected chi connectivity index (χ4v) is 2.53. The maximum absolute atomic E-state index is 13.3. The van der Waals surface area contributed by atoms with Crippen LogP contribution >= 0.6 is 0 Å². The zero-order valence-electron chi connectivity index (χ0n) is 11.3. The summed E-state index contributed by atoms with van der Waals surface area (Å²) in [6.07, 6.45) is 2.07. The maximum Gasteiger partial charge on any atom is 0.242 e. The van der Waals surface area contributed by atoms with E-state index in [1.165, 1.54) is 12.1 Å². The highest BCUT2D eigenvalue weighted by Crippen LogP contribution is 2.29. The summed E-state index contributed by atoms with van der Waals surface area (Å²) in [6, 6.07) is 6.49. The number of hydrogen-bond acceptors (Lipinski definition) is 3. The van der Waals surface area contributed by atoms with Gasteiger partial charge < -0.3 is 15.0 Å². The molecule has 0 spiro atoms. The number of nitrogens with zero attached hydrogens (tertiary/aromatic N) is 1. The van der Waals surface area contributed by atoms with Crippen molar-refractivity contribution in [1.82, 2.24) is 10.2 Å². The SMILES string of the molecule is O=C(C1COCCN1)N(Cc1cccc(F)c1)C1CC1. The Morgan fingerprint density at radius 1 is 1.45 bits per heavy atom. The quantitative estimate of drug-likeness (QED) is 0.903. The molecule has 3 rings (SSSR count). The van der Waals surface area contributed by atoms with Crippen molar-refractivity contribution in [2.24, 2.45) is 0 Å². The minimum Gasteiger partial charge on any atom is -0.378 e. The van der Waals surface area contributed by atoms with E-state index in [1.54, 1.807) is 6.07 Å². The van der Waals surface area contributed by atoms with Crippen molar-refractivity contribution in [2.75, 3.05) is 19.8 Å². The number of amides is 1. The molecule has 1 heterocycles. The molecule has 0 aromatic heterocycles. The summed E-state index contributed by atoms with van der Waals surface area (Å²) in [6.45, 7) is 2.25. The zero-order valence-corrected chi connectivity index (χ0v) is 11.3. The highest BCUT2D eigenvalue weighted by Gasteiger charge is 2.36. The van der Waals surface area contributed by atoms with Crippen LogP contribution in [-0.2, 0) is 16.1 Å². The van der Waals surface area contributed by atoms with E-state index in [4.69, 9.17) is 4.74 Å². The molecule has 1 aromatic rings. The predicted octanol–water partition coefficient (Wildman–Crippen LogP) is 1.31. The van der Waals surface area contributed by atoms with Gasteiger partial charge in [0.25, 0.3) is 0 Å². The number of nitrogens with one attached hydrogen (secondary N) is 1. The molecular formula is C15H19FN2O2. The standard InChI is InChI=1S/C15H19FN2O2/c16-12-3-1-2-11(8-12)9-18(13-4-5-13)15(19)14-10-20-7-6-17-14/h1-3,8,13-14,17H,4-7,9-10H2. The lowest BCUT2D eigenvalue weighted by molar-refractivity contribution is -0.137. The fourth-order valence-electron chi connectivity index (χ4n) is 2.53. The normalized spacial score (nSPS) is 22.6. The maximum atomic E-state index is 13.3. The summed E-state index contributed by atoms with van der Waals surface area (Å²) >= 11 is 0. The Labute approximate surface area is 117 Å². The van der Waals surface area contributed by atoms with E-state index < -0.39 is 0 Å². The van der Waals surface area contributed by atoms with E-state index in [-0.39, 0.29) is 17.8 Å². The number of benzene rings is 1. The number of hydrogen-bond donors (Lipinski definition) is 1. The van der Waals surface area contributed by atoms with Gasteiger partial charge >= 0.3 is 0 Å². The molecule has 1 aliphatic heterocycles. The van der Waals surface area contributed by atoms with Crippen LogP contribution in [0, 0.1) is 5.82 Å². The van der Waals surface area contributed by atoms with Gasteiger partial charge in [-0.1, -0.05) is 12.1 Å². The Balaban J connectivity index is 1.70. The summed E-state index contributed by atoms with van der Waals surface area (Å²) in [4.78, 5) is 14.4. The highest BCUT2D eigenvalue weighted by molar-refractivity contribution is 5.82. The molecule has 1 aliphatic carbocycles. The van der Waals surface area contributed by atoms with Gasteiger partial charge in [-0.3, -0.25) is 4.79 Å². The summed E-state index contributed by atoms with van der Waals surface area (Å²) in [5.74, 6) is -0.193. The van der Waals surface area contributed by atoms with Crippen LogP contribution in [0.5, 0.6) is 0 Å². The molecule has 4 nitrogen and oxygen atoms in total. The Bertz CT molecular complexity index is 485. The number of halogens is 1. The molecule has 20 heavy (non-hydrogen) atoms. The van der Waals surface area contributed by atoms with Crippen LogP contribution in [-0.4, -0.2) is 42.6 Å². The Morgan fingerprint density at radius 2 is 2.30 bits per heavy atom. The minimum atomic E-state index is -0.266. The van der Waals surface area contributed by atoms with Crippen LogP contribution in [0.1, 0.15) is 18.4 Å². The van der Waals surface area contributed by atoms with Crippen LogP contribution in [0.2, 0.25) is 0 Å². The Kier molecular flexibility index (Phi) is 3.98. The van der Waals surface area contributed by atoms with Crippen molar-refractivity contribution in [3.63, 3.8) is 0 Å². The van der Waals surface area contributed by atoms with E-state index in [2.05, 4.69) is 5.32 Å². The van der Waals surface area contributed by atoms with Gasteiger partial charge in [-0.05, 0) is 30.5 Å². The smallest absolute Gasteiger partial charge is 0.242 e. The highest BCUT2D eigenvalue weighted by atomic mass is 19.1. The van der Waals surface area contributed by atoms with E-state index in [1.807, 2.05) is 11.0 Å². The summed E-state index contributed by atoms with van der Waals surface area (Å²) < 4.78 is 18.6. The first-order valence-electron chi connectivity index (χ1n) is 7.10. The minimum absolute atomic E-state index is 0.0662. The van der Waals surface area contributed by atoms with Gasteiger partial charge in [-0.25, -0.2) is 4.39 Å². The number of morpholine rings is 1. The zero-order chi connectivity index (χ0) is 13.9. The molecule has 2 aliphatic rings. The van der Waals surface area contributed by atoms with Gasteiger partial charge in [0.15, 0.2) is 0 Å². The van der Waals surface area contributed by atoms with Crippen molar-refractivity contribution < 1.29 is 13.9 Å². The molecule has 1 saturated heterocycles. The van der Waals surface area contributed by atoms with E-state index in [9.17, 15) is 9.18 Å². The molecular weight excluding hydrogens is 259 g/mol. The molecule has 2 fully saturated rings. The van der Waals surface area contributed by atoms with Crippen LogP contribution in [0.3, 0.4) is 0 Å². The average Bonchev–Trinajstić information content (AvgIpc) is 3.30. The van der Waals surface area contributed by atoms with Crippen molar-refractivity contribution in [2.45, 2.75) is 31.5 Å². The monoisotopic (exact) mass is 278 g/mol. The first-order valence-corrected chi connectivity index (χ1v) is 7.10. The van der Waals surface area contributed by atoms with E-state index in [0.717, 1.165) is 18.4 Å². The second-order valence-corrected chi connectivity index (χ2v) is 5.41. The lowest BCUT2D eigenvalue weighted by Crippen LogP contribution is -2.52. The lowest BCUT2D eigenvalue weighted by Gasteiger charge is -2.30. The average molecular weight is 278 g/mol. The van der Waals surface area contributed by atoms with Crippen molar-refractivity contribution in [3.8, 4) is 0 Å². The fraction of sp³-hybridized carbons (Fsp3) is 0.533. The molecule has 1 unspecified atom stereocenters. The largest absolute Gasteiger partial charge is 0.378 e. The van der Waals surface area contributed by atoms with E-state index >= 15 is 0 Å². The molecule has 1 amide bonds. The first-order chi connectivity index (χ1) is 9.74. The molecule has 1 N–H and O–H groups in total. The molecule has 108 valence electrons. The van der Waals surface area contributed by atoms with Crippen molar-refractivity contribution in [3.05, 3.63) is 35.6 Å². The lowest BCUT2D eigenvalue weighted by atomic mass is 10.1.